The van der Waals surface area contributed by atoms with Crippen LogP contribution in [0.1, 0.15) is 232 Å². The van der Waals surface area contributed by atoms with Gasteiger partial charge in [-0.3, -0.25) is 9.59 Å². The van der Waals surface area contributed by atoms with Crippen LogP contribution in [-0.2, 0) is 23.8 Å². The number of hydrogen-bond donors (Lipinski definition) is 6. The molecule has 1 saturated heterocycles. The van der Waals surface area contributed by atoms with E-state index >= 15 is 0 Å². The third-order valence-electron chi connectivity index (χ3n) is 13.3. The standard InChI is InChI=1S/C62H107NO10/c1-3-5-7-9-11-13-14-15-16-20-24-27-30-34-38-42-46-50-58(67)71-51-47-43-39-35-31-28-25-22-19-17-18-21-23-26-29-33-37-41-45-49-57(66)63-54(55(65)48-44-40-36-32-12-10-8-6-4-2)53-72-62-61(70)60(69)59(68)56(52-64)73-62/h4,6,11-13,15-16,22,25,28,31-32,44,48,54-56,59-62,64-65,68-70H,3,5,7-10,14,17-21,23-24,26-27,29-30,33-43,45-47,49-53H2,1-2H3,(H,63,66)/b6-4+,13-11-,16-15-,25-22-,31-28-,32-12+,48-44+. The third-order valence-corrected chi connectivity index (χ3v) is 13.3. The molecular weight excluding hydrogens is 919 g/mol. The van der Waals surface area contributed by atoms with Gasteiger partial charge in [0.05, 0.1) is 32.0 Å². The van der Waals surface area contributed by atoms with Crippen LogP contribution in [0, 0.1) is 0 Å². The second kappa shape index (κ2) is 51.0. The van der Waals surface area contributed by atoms with Crippen LogP contribution in [0.15, 0.2) is 85.1 Å². The van der Waals surface area contributed by atoms with E-state index in [0.29, 0.717) is 25.9 Å². The molecule has 7 unspecified atom stereocenters. The van der Waals surface area contributed by atoms with Crippen molar-refractivity contribution in [1.82, 2.24) is 5.32 Å². The van der Waals surface area contributed by atoms with Gasteiger partial charge in [0.2, 0.25) is 5.91 Å². The fraction of sp³-hybridized carbons (Fsp3) is 0.742. The number of unbranched alkanes of at least 4 members (excludes halogenated alkanes) is 25. The Kier molecular flexibility index (Phi) is 47.4. The Hall–Kier alpha value is -3.16. The normalized spacial score (nSPS) is 19.6. The molecule has 0 bridgehead atoms. The van der Waals surface area contributed by atoms with Crippen LogP contribution in [0.5, 0.6) is 0 Å². The van der Waals surface area contributed by atoms with Gasteiger partial charge in [-0.2, -0.15) is 0 Å². The van der Waals surface area contributed by atoms with Crippen molar-refractivity contribution in [3.05, 3.63) is 85.1 Å². The van der Waals surface area contributed by atoms with E-state index in [2.05, 4.69) is 79.1 Å². The third kappa shape index (κ3) is 40.8. The number of aliphatic hydroxyl groups is 5. The number of aliphatic hydroxyl groups excluding tert-OH is 5. The first kappa shape index (κ1) is 67.9. The number of nitrogens with one attached hydrogen (secondary N) is 1. The van der Waals surface area contributed by atoms with E-state index in [1.165, 1.54) is 103 Å². The SMILES string of the molecule is C/C=C/CC/C=C/CC/C=C/C(O)C(COC1OC(CO)C(O)C(O)C1O)NC(=O)CCCCCCCCCCCC/C=C\C=C/CCCCCOC(=O)CCCCCCCCC/C=C\C/C=C\CCCCC. The Balaban J connectivity index is 2.05. The Bertz CT molecular complexity index is 1490. The van der Waals surface area contributed by atoms with Gasteiger partial charge in [0.25, 0.3) is 0 Å². The zero-order valence-electron chi connectivity index (χ0n) is 46.1. The molecule has 0 aliphatic carbocycles. The maximum atomic E-state index is 13.0. The Labute approximate surface area is 444 Å². The summed E-state index contributed by atoms with van der Waals surface area (Å²) in [6.07, 6.45) is 58.5. The number of carbonyl (C=O) groups excluding carboxylic acids is 2. The van der Waals surface area contributed by atoms with Gasteiger partial charge in [0.1, 0.15) is 24.4 Å². The van der Waals surface area contributed by atoms with Gasteiger partial charge >= 0.3 is 5.97 Å². The Morgan fingerprint density at radius 1 is 0.548 bits per heavy atom. The lowest BCUT2D eigenvalue weighted by Gasteiger charge is -2.40. The summed E-state index contributed by atoms with van der Waals surface area (Å²) >= 11 is 0. The second-order valence-corrected chi connectivity index (χ2v) is 20.0. The summed E-state index contributed by atoms with van der Waals surface area (Å²) in [5, 5.41) is 54.1. The summed E-state index contributed by atoms with van der Waals surface area (Å²) in [5.74, 6) is -0.250. The molecule has 0 saturated carbocycles. The molecule has 420 valence electrons. The maximum Gasteiger partial charge on any atom is 0.305 e. The van der Waals surface area contributed by atoms with E-state index in [4.69, 9.17) is 14.2 Å². The van der Waals surface area contributed by atoms with Crippen LogP contribution in [0.3, 0.4) is 0 Å². The summed E-state index contributed by atoms with van der Waals surface area (Å²) in [6.45, 7) is 3.99. The Morgan fingerprint density at radius 3 is 1.59 bits per heavy atom. The number of esters is 1. The summed E-state index contributed by atoms with van der Waals surface area (Å²) < 4.78 is 16.6. The lowest BCUT2D eigenvalue weighted by molar-refractivity contribution is -0.302. The molecule has 0 aromatic heterocycles. The van der Waals surface area contributed by atoms with Crippen molar-refractivity contribution in [2.75, 3.05) is 19.8 Å². The highest BCUT2D eigenvalue weighted by Gasteiger charge is 2.44. The molecule has 0 radical (unpaired) electrons. The summed E-state index contributed by atoms with van der Waals surface area (Å²) in [5.41, 5.74) is 0. The highest BCUT2D eigenvalue weighted by Crippen LogP contribution is 2.23. The first-order valence-electron chi connectivity index (χ1n) is 29.3. The molecule has 0 aromatic carbocycles. The van der Waals surface area contributed by atoms with E-state index < -0.39 is 49.5 Å². The molecule has 6 N–H and O–H groups in total. The van der Waals surface area contributed by atoms with E-state index in [9.17, 15) is 35.1 Å². The topological polar surface area (TPSA) is 175 Å². The van der Waals surface area contributed by atoms with E-state index in [1.54, 1.807) is 6.08 Å². The van der Waals surface area contributed by atoms with Crippen LogP contribution in [0.4, 0.5) is 0 Å². The zero-order valence-corrected chi connectivity index (χ0v) is 46.1. The van der Waals surface area contributed by atoms with E-state index in [-0.39, 0.29) is 18.5 Å². The van der Waals surface area contributed by atoms with Crippen molar-refractivity contribution >= 4 is 11.9 Å². The van der Waals surface area contributed by atoms with Crippen molar-refractivity contribution in [2.24, 2.45) is 0 Å². The zero-order chi connectivity index (χ0) is 53.1. The van der Waals surface area contributed by atoms with Crippen LogP contribution in [-0.4, -0.2) is 100 Å². The van der Waals surface area contributed by atoms with Crippen molar-refractivity contribution in [3.8, 4) is 0 Å². The fourth-order valence-corrected chi connectivity index (χ4v) is 8.61. The van der Waals surface area contributed by atoms with Crippen molar-refractivity contribution in [2.45, 2.75) is 275 Å². The molecule has 1 rings (SSSR count). The molecule has 1 aliphatic heterocycles. The molecule has 11 nitrogen and oxygen atoms in total. The number of ether oxygens (including phenoxy) is 3. The first-order valence-corrected chi connectivity index (χ1v) is 29.3. The highest BCUT2D eigenvalue weighted by atomic mass is 16.7. The first-order chi connectivity index (χ1) is 35.7. The molecule has 11 heteroatoms. The number of amides is 1. The van der Waals surface area contributed by atoms with Crippen molar-refractivity contribution in [3.63, 3.8) is 0 Å². The number of carbonyl (C=O) groups is 2. The predicted molar refractivity (Wildman–Crippen MR) is 301 cm³/mol. The van der Waals surface area contributed by atoms with Gasteiger partial charge in [-0.25, -0.2) is 0 Å². The van der Waals surface area contributed by atoms with Gasteiger partial charge in [0, 0.05) is 12.8 Å². The molecule has 7 atom stereocenters. The van der Waals surface area contributed by atoms with Gasteiger partial charge in [-0.05, 0) is 116 Å². The maximum absolute atomic E-state index is 13.0. The van der Waals surface area contributed by atoms with Crippen molar-refractivity contribution < 1.29 is 49.3 Å². The fourth-order valence-electron chi connectivity index (χ4n) is 8.61. The molecule has 1 aliphatic rings. The minimum atomic E-state index is -1.59. The van der Waals surface area contributed by atoms with E-state index in [1.807, 2.05) is 19.1 Å². The molecule has 1 amide bonds. The second-order valence-electron chi connectivity index (χ2n) is 20.0. The quantitative estimate of drug-likeness (QED) is 0.0149. The average Bonchev–Trinajstić information content (AvgIpc) is 3.39. The number of rotatable bonds is 49. The van der Waals surface area contributed by atoms with Crippen LogP contribution >= 0.6 is 0 Å². The largest absolute Gasteiger partial charge is 0.466 e. The monoisotopic (exact) mass is 1030 g/mol. The molecule has 0 spiro atoms. The highest BCUT2D eigenvalue weighted by molar-refractivity contribution is 5.76. The molecule has 0 aromatic rings. The summed E-state index contributed by atoms with van der Waals surface area (Å²) in [6, 6.07) is -0.843. The van der Waals surface area contributed by atoms with Crippen molar-refractivity contribution in [1.29, 1.82) is 0 Å². The lowest BCUT2D eigenvalue weighted by Crippen LogP contribution is -2.60. The van der Waals surface area contributed by atoms with Crippen LogP contribution in [0.25, 0.3) is 0 Å². The van der Waals surface area contributed by atoms with Crippen LogP contribution in [0.2, 0.25) is 0 Å². The Morgan fingerprint density at radius 2 is 1.03 bits per heavy atom. The molecule has 1 fully saturated rings. The summed E-state index contributed by atoms with van der Waals surface area (Å²) in [4.78, 5) is 25.0. The van der Waals surface area contributed by atoms with Gasteiger partial charge in [-0.15, -0.1) is 0 Å². The van der Waals surface area contributed by atoms with Gasteiger partial charge in [-0.1, -0.05) is 188 Å². The summed E-state index contributed by atoms with van der Waals surface area (Å²) in [7, 11) is 0. The lowest BCUT2D eigenvalue weighted by atomic mass is 9.99. The predicted octanol–water partition coefficient (Wildman–Crippen LogP) is 13.4. The molecular formula is C62H107NO10. The minimum Gasteiger partial charge on any atom is -0.466 e. The van der Waals surface area contributed by atoms with Gasteiger partial charge < -0.3 is 45.1 Å². The molecule has 1 heterocycles. The number of hydrogen-bond acceptors (Lipinski definition) is 10. The average molecular weight is 1030 g/mol. The minimum absolute atomic E-state index is 0.0385. The molecule has 73 heavy (non-hydrogen) atoms. The van der Waals surface area contributed by atoms with Gasteiger partial charge in [0.15, 0.2) is 6.29 Å². The van der Waals surface area contributed by atoms with E-state index in [0.717, 1.165) is 96.3 Å². The number of allylic oxidation sites excluding steroid dienone is 13. The van der Waals surface area contributed by atoms with Crippen LogP contribution < -0.4 is 5.32 Å². The smallest absolute Gasteiger partial charge is 0.305 e.